The molecule has 2 heterocycles. The van der Waals surface area contributed by atoms with Crippen LogP contribution >= 0.6 is 11.8 Å². The maximum absolute atomic E-state index is 12.6. The van der Waals surface area contributed by atoms with Gasteiger partial charge in [0.1, 0.15) is 19.1 Å². The highest BCUT2D eigenvalue weighted by Gasteiger charge is 2.34. The first kappa shape index (κ1) is 18.2. The van der Waals surface area contributed by atoms with Gasteiger partial charge in [-0.05, 0) is 12.1 Å². The molecule has 2 amide bonds. The third-order valence-corrected chi connectivity index (χ3v) is 5.68. The second kappa shape index (κ2) is 9.22. The molecule has 0 unspecified atom stereocenters. The predicted molar refractivity (Wildman–Crippen MR) is 97.7 cm³/mol. The number of carbonyl (C=O) groups is 2. The minimum Gasteiger partial charge on any atom is -0.370 e. The van der Waals surface area contributed by atoms with Gasteiger partial charge in [-0.15, -0.1) is 11.8 Å². The molecule has 0 aromatic heterocycles. The molecule has 7 heteroatoms. The van der Waals surface area contributed by atoms with Gasteiger partial charge in [-0.3, -0.25) is 9.59 Å². The van der Waals surface area contributed by atoms with Crippen LogP contribution in [0.25, 0.3) is 0 Å². The fraction of sp³-hybridized carbons (Fsp3) is 0.556. The smallest absolute Gasteiger partial charge is 0.255 e. The van der Waals surface area contributed by atoms with Crippen LogP contribution in [0.3, 0.4) is 0 Å². The van der Waals surface area contributed by atoms with Crippen LogP contribution in [0, 0.1) is 0 Å². The molecule has 0 saturated carbocycles. The van der Waals surface area contributed by atoms with Gasteiger partial charge in [0, 0.05) is 24.3 Å². The molecule has 0 spiro atoms. The Kier molecular flexibility index (Phi) is 6.72. The van der Waals surface area contributed by atoms with Crippen LogP contribution in [0.1, 0.15) is 16.8 Å². The number of nitrogens with one attached hydrogen (secondary N) is 2. The van der Waals surface area contributed by atoms with Crippen molar-refractivity contribution < 1.29 is 19.2 Å². The highest BCUT2D eigenvalue weighted by molar-refractivity contribution is 7.99. The molecule has 2 aliphatic heterocycles. The lowest BCUT2D eigenvalue weighted by atomic mass is 10.1. The van der Waals surface area contributed by atoms with Crippen molar-refractivity contribution in [3.8, 4) is 0 Å². The zero-order chi connectivity index (χ0) is 17.5. The summed E-state index contributed by atoms with van der Waals surface area (Å²) in [6.07, 6.45) is 0.952. The zero-order valence-electron chi connectivity index (χ0n) is 14.4. The monoisotopic (exact) mass is 364 g/mol. The van der Waals surface area contributed by atoms with Gasteiger partial charge in [0.15, 0.2) is 0 Å². The van der Waals surface area contributed by atoms with E-state index in [0.717, 1.165) is 39.3 Å². The van der Waals surface area contributed by atoms with E-state index in [-0.39, 0.29) is 17.9 Å². The fourth-order valence-corrected chi connectivity index (χ4v) is 4.34. The van der Waals surface area contributed by atoms with Crippen molar-refractivity contribution in [2.45, 2.75) is 12.5 Å². The van der Waals surface area contributed by atoms with Crippen molar-refractivity contribution in [3.05, 3.63) is 35.9 Å². The zero-order valence-corrected chi connectivity index (χ0v) is 15.2. The summed E-state index contributed by atoms with van der Waals surface area (Å²) in [4.78, 5) is 28.3. The predicted octanol–water partition coefficient (Wildman–Crippen LogP) is -0.377. The van der Waals surface area contributed by atoms with Gasteiger partial charge < -0.3 is 19.9 Å². The van der Waals surface area contributed by atoms with Crippen LogP contribution in [0.5, 0.6) is 0 Å². The molecule has 0 aliphatic carbocycles. The lowest BCUT2D eigenvalue weighted by Gasteiger charge is -2.25. The molecule has 0 bridgehead atoms. The van der Waals surface area contributed by atoms with Crippen LogP contribution in [-0.4, -0.2) is 73.8 Å². The Balaban J connectivity index is 1.45. The number of thioether (sulfide) groups is 1. The van der Waals surface area contributed by atoms with E-state index in [0.29, 0.717) is 23.7 Å². The number of morpholine rings is 1. The number of nitrogens with zero attached hydrogens (tertiary/aromatic N) is 1. The van der Waals surface area contributed by atoms with Crippen LogP contribution in [0.15, 0.2) is 30.3 Å². The maximum atomic E-state index is 12.6. The Morgan fingerprint density at radius 2 is 2.00 bits per heavy atom. The standard InChI is InChI=1S/C18H25N3O3S/c22-17(19-7-4-8-20-9-11-24-12-10-20)16-13-25-14-21(16)18(23)15-5-2-1-3-6-15/h1-3,5-6,16H,4,7-14H2,(H,19,22)/p+1/t16-/m0/s1. The first-order valence-corrected chi connectivity index (χ1v) is 10.0. The van der Waals surface area contributed by atoms with Gasteiger partial charge in [0.05, 0.1) is 25.6 Å². The van der Waals surface area contributed by atoms with Gasteiger partial charge in [-0.1, -0.05) is 18.2 Å². The van der Waals surface area contributed by atoms with Gasteiger partial charge in [-0.25, -0.2) is 0 Å². The van der Waals surface area contributed by atoms with Gasteiger partial charge in [0.25, 0.3) is 5.91 Å². The Morgan fingerprint density at radius 1 is 1.24 bits per heavy atom. The Morgan fingerprint density at radius 3 is 2.76 bits per heavy atom. The number of quaternary nitrogens is 1. The molecule has 2 aliphatic rings. The summed E-state index contributed by atoms with van der Waals surface area (Å²) in [5, 5.41) is 3.01. The highest BCUT2D eigenvalue weighted by atomic mass is 32.2. The molecule has 25 heavy (non-hydrogen) atoms. The van der Waals surface area contributed by atoms with Crippen LogP contribution < -0.4 is 10.2 Å². The third-order valence-electron chi connectivity index (χ3n) is 4.67. The first-order chi connectivity index (χ1) is 12.3. The Labute approximate surface area is 152 Å². The largest absolute Gasteiger partial charge is 0.370 e. The molecule has 136 valence electrons. The average Bonchev–Trinajstić information content (AvgIpc) is 3.16. The van der Waals surface area contributed by atoms with Crippen LogP contribution in [0.2, 0.25) is 0 Å². The van der Waals surface area contributed by atoms with Gasteiger partial charge in [-0.2, -0.15) is 0 Å². The van der Waals surface area contributed by atoms with Crippen LogP contribution in [0.4, 0.5) is 0 Å². The molecular formula is C18H26N3O3S+. The minimum atomic E-state index is -0.367. The second-order valence-electron chi connectivity index (χ2n) is 6.41. The third kappa shape index (κ3) is 4.96. The fourth-order valence-electron chi connectivity index (χ4n) is 3.18. The first-order valence-electron chi connectivity index (χ1n) is 8.88. The lowest BCUT2D eigenvalue weighted by molar-refractivity contribution is -0.908. The summed E-state index contributed by atoms with van der Waals surface area (Å²) < 4.78 is 5.35. The van der Waals surface area contributed by atoms with E-state index in [4.69, 9.17) is 4.74 Å². The van der Waals surface area contributed by atoms with Crippen molar-refractivity contribution in [1.82, 2.24) is 10.2 Å². The normalized spacial score (nSPS) is 21.3. The average molecular weight is 364 g/mol. The van der Waals surface area contributed by atoms with Gasteiger partial charge in [0.2, 0.25) is 5.91 Å². The number of amides is 2. The minimum absolute atomic E-state index is 0.0359. The maximum Gasteiger partial charge on any atom is 0.255 e. The van der Waals surface area contributed by atoms with E-state index in [1.807, 2.05) is 18.2 Å². The van der Waals surface area contributed by atoms with Crippen molar-refractivity contribution in [1.29, 1.82) is 0 Å². The number of hydrogen-bond acceptors (Lipinski definition) is 4. The number of ether oxygens (including phenoxy) is 1. The van der Waals surface area contributed by atoms with E-state index in [1.165, 1.54) is 4.90 Å². The molecule has 1 atom stereocenters. The van der Waals surface area contributed by atoms with Crippen molar-refractivity contribution in [3.63, 3.8) is 0 Å². The van der Waals surface area contributed by atoms with E-state index in [1.54, 1.807) is 28.8 Å². The lowest BCUT2D eigenvalue weighted by Crippen LogP contribution is -3.14. The molecule has 2 saturated heterocycles. The summed E-state index contributed by atoms with van der Waals surface area (Å²) in [6, 6.07) is 8.81. The molecule has 3 rings (SSSR count). The van der Waals surface area contributed by atoms with Crippen molar-refractivity contribution in [2.24, 2.45) is 0 Å². The van der Waals surface area contributed by atoms with Crippen molar-refractivity contribution in [2.75, 3.05) is 51.0 Å². The number of rotatable bonds is 6. The van der Waals surface area contributed by atoms with Gasteiger partial charge >= 0.3 is 0 Å². The van der Waals surface area contributed by atoms with Crippen molar-refractivity contribution >= 4 is 23.6 Å². The summed E-state index contributed by atoms with van der Waals surface area (Å²) in [6.45, 7) is 5.47. The summed E-state index contributed by atoms with van der Waals surface area (Å²) in [5.74, 6) is 1.14. The summed E-state index contributed by atoms with van der Waals surface area (Å²) >= 11 is 1.63. The van der Waals surface area contributed by atoms with E-state index >= 15 is 0 Å². The number of carbonyl (C=O) groups excluding carboxylic acids is 2. The second-order valence-corrected chi connectivity index (χ2v) is 7.41. The molecular weight excluding hydrogens is 338 g/mol. The summed E-state index contributed by atoms with van der Waals surface area (Å²) in [5.41, 5.74) is 0.638. The van der Waals surface area contributed by atoms with E-state index in [9.17, 15) is 9.59 Å². The highest BCUT2D eigenvalue weighted by Crippen LogP contribution is 2.23. The van der Waals surface area contributed by atoms with E-state index < -0.39 is 0 Å². The van der Waals surface area contributed by atoms with Crippen LogP contribution in [-0.2, 0) is 9.53 Å². The molecule has 1 aromatic carbocycles. The number of hydrogen-bond donors (Lipinski definition) is 2. The quantitative estimate of drug-likeness (QED) is 0.676. The number of benzene rings is 1. The molecule has 1 aromatic rings. The van der Waals surface area contributed by atoms with E-state index in [2.05, 4.69) is 5.32 Å². The SMILES string of the molecule is O=C(NCCC[NH+]1CCOCC1)[C@@H]1CSCN1C(=O)c1ccccc1. The Bertz CT molecular complexity index is 578. The summed E-state index contributed by atoms with van der Waals surface area (Å²) in [7, 11) is 0. The molecule has 0 radical (unpaired) electrons. The topological polar surface area (TPSA) is 63.1 Å². The Hall–Kier alpha value is -1.57. The molecule has 6 nitrogen and oxygen atoms in total. The molecule has 2 fully saturated rings. The molecule has 2 N–H and O–H groups in total.